The summed E-state index contributed by atoms with van der Waals surface area (Å²) in [5.41, 5.74) is 0.898. The van der Waals surface area contributed by atoms with Crippen LogP contribution in [0.2, 0.25) is 0 Å². The predicted octanol–water partition coefficient (Wildman–Crippen LogP) is 1.55. The molecule has 2 atom stereocenters. The summed E-state index contributed by atoms with van der Waals surface area (Å²) >= 11 is 0. The number of nitrogens with one attached hydrogen (secondary N) is 2. The second-order valence-electron chi connectivity index (χ2n) is 5.32. The van der Waals surface area contributed by atoms with Gasteiger partial charge in [-0.15, -0.1) is 0 Å². The standard InChI is InChI=1S/C15H19N5O/c1-11(12-3-2-6-16-9-12)15(21)18-14-5-8-20(19-14)13-4-7-17-10-13/h2-3,5-6,8-9,11,13,17H,4,7,10H2,1H3,(H,18,19,21)/t11-,13+/m0/s1. The zero-order valence-electron chi connectivity index (χ0n) is 12.0. The van der Waals surface area contributed by atoms with Crippen LogP contribution in [0.25, 0.3) is 0 Å². The number of aromatic nitrogens is 3. The van der Waals surface area contributed by atoms with Crippen molar-refractivity contribution >= 4 is 11.7 Å². The maximum atomic E-state index is 12.2. The van der Waals surface area contributed by atoms with Crippen LogP contribution in [0.5, 0.6) is 0 Å². The zero-order chi connectivity index (χ0) is 14.7. The van der Waals surface area contributed by atoms with E-state index < -0.39 is 0 Å². The summed E-state index contributed by atoms with van der Waals surface area (Å²) in [7, 11) is 0. The molecule has 0 aromatic carbocycles. The lowest BCUT2D eigenvalue weighted by molar-refractivity contribution is -0.117. The van der Waals surface area contributed by atoms with Crippen molar-refractivity contribution in [2.45, 2.75) is 25.3 Å². The topological polar surface area (TPSA) is 71.8 Å². The molecule has 0 saturated carbocycles. The highest BCUT2D eigenvalue weighted by molar-refractivity contribution is 5.94. The second-order valence-corrected chi connectivity index (χ2v) is 5.32. The molecule has 1 aliphatic heterocycles. The minimum atomic E-state index is -0.253. The van der Waals surface area contributed by atoms with Crippen molar-refractivity contribution in [2.24, 2.45) is 0 Å². The smallest absolute Gasteiger partial charge is 0.232 e. The molecule has 3 heterocycles. The van der Waals surface area contributed by atoms with Gasteiger partial charge in [0.2, 0.25) is 5.91 Å². The summed E-state index contributed by atoms with van der Waals surface area (Å²) in [5.74, 6) is 0.275. The van der Waals surface area contributed by atoms with Crippen molar-refractivity contribution in [1.29, 1.82) is 0 Å². The third-order valence-corrected chi connectivity index (χ3v) is 3.85. The quantitative estimate of drug-likeness (QED) is 0.894. The van der Waals surface area contributed by atoms with Gasteiger partial charge in [0.15, 0.2) is 5.82 Å². The first-order chi connectivity index (χ1) is 10.2. The number of nitrogens with zero attached hydrogens (tertiary/aromatic N) is 3. The Balaban J connectivity index is 1.64. The van der Waals surface area contributed by atoms with E-state index >= 15 is 0 Å². The van der Waals surface area contributed by atoms with Crippen LogP contribution < -0.4 is 10.6 Å². The number of pyridine rings is 1. The van der Waals surface area contributed by atoms with E-state index in [2.05, 4.69) is 20.7 Å². The van der Waals surface area contributed by atoms with Gasteiger partial charge in [-0.3, -0.25) is 14.5 Å². The molecule has 0 unspecified atom stereocenters. The summed E-state index contributed by atoms with van der Waals surface area (Å²) in [5, 5.41) is 10.6. The Morgan fingerprint density at radius 2 is 2.43 bits per heavy atom. The maximum absolute atomic E-state index is 12.2. The Hall–Kier alpha value is -2.21. The number of amides is 1. The lowest BCUT2D eigenvalue weighted by atomic mass is 10.0. The first kappa shape index (κ1) is 13.8. The highest BCUT2D eigenvalue weighted by Gasteiger charge is 2.19. The molecular formula is C15H19N5O. The van der Waals surface area contributed by atoms with Crippen LogP contribution in [0.1, 0.15) is 30.9 Å². The van der Waals surface area contributed by atoms with Gasteiger partial charge in [-0.1, -0.05) is 6.07 Å². The SMILES string of the molecule is C[C@H](C(=O)Nc1ccn([C@@H]2CCNC2)n1)c1cccnc1. The fourth-order valence-electron chi connectivity index (χ4n) is 2.49. The van der Waals surface area contributed by atoms with E-state index in [1.165, 1.54) is 0 Å². The van der Waals surface area contributed by atoms with Crippen molar-refractivity contribution in [1.82, 2.24) is 20.1 Å². The van der Waals surface area contributed by atoms with E-state index in [1.54, 1.807) is 12.4 Å². The average molecular weight is 285 g/mol. The van der Waals surface area contributed by atoms with Gasteiger partial charge in [0.25, 0.3) is 0 Å². The van der Waals surface area contributed by atoms with Crippen LogP contribution in [0, 0.1) is 0 Å². The normalized spacial score (nSPS) is 19.4. The predicted molar refractivity (Wildman–Crippen MR) is 80.0 cm³/mol. The highest BCUT2D eigenvalue weighted by atomic mass is 16.1. The van der Waals surface area contributed by atoms with E-state index in [0.717, 1.165) is 25.1 Å². The molecule has 2 aromatic rings. The van der Waals surface area contributed by atoms with Gasteiger partial charge in [-0.05, 0) is 31.5 Å². The Morgan fingerprint density at radius 3 is 3.14 bits per heavy atom. The minimum absolute atomic E-state index is 0.0715. The van der Waals surface area contributed by atoms with E-state index in [0.29, 0.717) is 11.9 Å². The molecule has 0 radical (unpaired) electrons. The van der Waals surface area contributed by atoms with Gasteiger partial charge in [0.05, 0.1) is 12.0 Å². The van der Waals surface area contributed by atoms with Gasteiger partial charge in [0, 0.05) is 31.2 Å². The summed E-state index contributed by atoms with van der Waals surface area (Å²) < 4.78 is 1.92. The average Bonchev–Trinajstić information content (AvgIpc) is 3.18. The van der Waals surface area contributed by atoms with Crippen LogP contribution in [-0.2, 0) is 4.79 Å². The number of carbonyl (C=O) groups excluding carboxylic acids is 1. The number of carbonyl (C=O) groups is 1. The van der Waals surface area contributed by atoms with E-state index in [4.69, 9.17) is 0 Å². The molecule has 6 nitrogen and oxygen atoms in total. The third-order valence-electron chi connectivity index (χ3n) is 3.85. The summed E-state index contributed by atoms with van der Waals surface area (Å²) in [6, 6.07) is 5.96. The van der Waals surface area contributed by atoms with Gasteiger partial charge in [-0.25, -0.2) is 0 Å². The summed E-state index contributed by atoms with van der Waals surface area (Å²) in [6.07, 6.45) is 6.40. The van der Waals surface area contributed by atoms with Gasteiger partial charge >= 0.3 is 0 Å². The van der Waals surface area contributed by atoms with Crippen LogP contribution in [0.4, 0.5) is 5.82 Å². The molecule has 110 valence electrons. The second kappa shape index (κ2) is 6.05. The Labute approximate surface area is 123 Å². The van der Waals surface area contributed by atoms with Crippen molar-refractivity contribution < 1.29 is 4.79 Å². The molecule has 0 aliphatic carbocycles. The zero-order valence-corrected chi connectivity index (χ0v) is 12.0. The molecule has 0 spiro atoms. The van der Waals surface area contributed by atoms with Crippen LogP contribution >= 0.6 is 0 Å². The molecule has 6 heteroatoms. The van der Waals surface area contributed by atoms with Gasteiger partial charge in [0.1, 0.15) is 0 Å². The van der Waals surface area contributed by atoms with Gasteiger partial charge in [-0.2, -0.15) is 5.10 Å². The molecule has 2 N–H and O–H groups in total. The third kappa shape index (κ3) is 3.11. The summed E-state index contributed by atoms with van der Waals surface area (Å²) in [4.78, 5) is 16.3. The van der Waals surface area contributed by atoms with Crippen molar-refractivity contribution in [3.63, 3.8) is 0 Å². The first-order valence-corrected chi connectivity index (χ1v) is 7.20. The van der Waals surface area contributed by atoms with Crippen molar-refractivity contribution in [3.05, 3.63) is 42.4 Å². The molecule has 1 aliphatic rings. The molecule has 3 rings (SSSR count). The largest absolute Gasteiger partial charge is 0.315 e. The molecule has 1 fully saturated rings. The number of rotatable bonds is 4. The van der Waals surface area contributed by atoms with E-state index in [9.17, 15) is 4.79 Å². The fraction of sp³-hybridized carbons (Fsp3) is 0.400. The van der Waals surface area contributed by atoms with Crippen molar-refractivity contribution in [3.8, 4) is 0 Å². The summed E-state index contributed by atoms with van der Waals surface area (Å²) in [6.45, 7) is 3.82. The van der Waals surface area contributed by atoms with Gasteiger partial charge < -0.3 is 10.6 Å². The number of hydrogen-bond donors (Lipinski definition) is 2. The monoisotopic (exact) mass is 285 g/mol. The highest BCUT2D eigenvalue weighted by Crippen LogP contribution is 2.18. The Morgan fingerprint density at radius 1 is 1.52 bits per heavy atom. The maximum Gasteiger partial charge on any atom is 0.232 e. The van der Waals surface area contributed by atoms with Crippen LogP contribution in [0.3, 0.4) is 0 Å². The lowest BCUT2D eigenvalue weighted by Gasteiger charge is -2.11. The minimum Gasteiger partial charge on any atom is -0.315 e. The Kier molecular flexibility index (Phi) is 3.96. The molecule has 21 heavy (non-hydrogen) atoms. The van der Waals surface area contributed by atoms with Crippen molar-refractivity contribution in [2.75, 3.05) is 18.4 Å². The van der Waals surface area contributed by atoms with Crippen LogP contribution in [0.15, 0.2) is 36.8 Å². The van der Waals surface area contributed by atoms with E-state index in [-0.39, 0.29) is 11.8 Å². The lowest BCUT2D eigenvalue weighted by Crippen LogP contribution is -2.20. The molecule has 1 saturated heterocycles. The number of anilines is 1. The fourth-order valence-corrected chi connectivity index (χ4v) is 2.49. The number of hydrogen-bond acceptors (Lipinski definition) is 4. The van der Waals surface area contributed by atoms with E-state index in [1.807, 2.05) is 36.0 Å². The molecule has 0 bridgehead atoms. The first-order valence-electron chi connectivity index (χ1n) is 7.20. The Bertz CT molecular complexity index is 604. The molecule has 2 aromatic heterocycles. The molecule has 1 amide bonds. The van der Waals surface area contributed by atoms with Crippen LogP contribution in [-0.4, -0.2) is 33.8 Å². The molecular weight excluding hydrogens is 266 g/mol.